The van der Waals surface area contributed by atoms with Gasteiger partial charge < -0.3 is 10.1 Å². The highest BCUT2D eigenvalue weighted by atomic mass is 16.7. The molecule has 8 heteroatoms. The fourth-order valence-corrected chi connectivity index (χ4v) is 1.04. The topological polar surface area (TPSA) is 104 Å². The molecule has 1 heterocycles. The molecule has 0 aliphatic heterocycles. The molecule has 0 aliphatic carbocycles. The second-order valence-electron chi connectivity index (χ2n) is 2.40. The highest BCUT2D eigenvalue weighted by Crippen LogP contribution is 2.20. The van der Waals surface area contributed by atoms with Gasteiger partial charge in [-0.05, 0) is 6.92 Å². The third kappa shape index (κ3) is 1.33. The second-order valence-corrected chi connectivity index (χ2v) is 2.40. The maximum atomic E-state index is 10.4. The average molecular weight is 186 g/mol. The zero-order chi connectivity index (χ0) is 10.2. The third-order valence-electron chi connectivity index (χ3n) is 1.57. The number of hydrogen-bond donors (Lipinski definition) is 0. The Morgan fingerprint density at radius 1 is 1.31 bits per heavy atom. The van der Waals surface area contributed by atoms with Gasteiger partial charge >= 0.3 is 5.69 Å². The summed E-state index contributed by atoms with van der Waals surface area (Å²) in [6.07, 6.45) is 0. The van der Waals surface area contributed by atoms with E-state index < -0.39 is 9.96 Å². The molecule has 0 aliphatic rings. The highest BCUT2D eigenvalue weighted by Gasteiger charge is 2.29. The summed E-state index contributed by atoms with van der Waals surface area (Å²) >= 11 is 0. The van der Waals surface area contributed by atoms with Crippen molar-refractivity contribution in [1.82, 2.24) is 9.89 Å². The summed E-state index contributed by atoms with van der Waals surface area (Å²) in [7, 11) is 0. The zero-order valence-electron chi connectivity index (χ0n) is 6.92. The molecule has 0 bridgehead atoms. The number of rotatable bonds is 2. The molecule has 0 aromatic carbocycles. The number of nitro groups is 2. The summed E-state index contributed by atoms with van der Waals surface area (Å²) in [5.41, 5.74) is -0.344. The molecule has 1 aromatic heterocycles. The van der Waals surface area contributed by atoms with E-state index >= 15 is 0 Å². The normalized spacial score (nSPS) is 10.0. The first kappa shape index (κ1) is 9.10. The first-order valence-electron chi connectivity index (χ1n) is 3.30. The Labute approximate surface area is 72.0 Å². The van der Waals surface area contributed by atoms with Crippen molar-refractivity contribution in [3.63, 3.8) is 0 Å². The van der Waals surface area contributed by atoms with Crippen molar-refractivity contribution in [1.29, 1.82) is 0 Å². The predicted octanol–water partition coefficient (Wildman–Crippen LogP) is 0.448. The molecule has 1 aromatic rings. The number of aromatic nitrogens is 2. The zero-order valence-corrected chi connectivity index (χ0v) is 6.92. The van der Waals surface area contributed by atoms with E-state index in [1.54, 1.807) is 0 Å². The SMILES string of the molecule is Cc1nn([N+](=O)[O-])c(C)c1[N+](=O)[O-]. The van der Waals surface area contributed by atoms with E-state index in [0.717, 1.165) is 0 Å². The molecule has 0 N–H and O–H groups in total. The summed E-state index contributed by atoms with van der Waals surface area (Å²) < 4.78 is 0. The van der Waals surface area contributed by atoms with Crippen LogP contribution in [0.4, 0.5) is 5.69 Å². The Hall–Kier alpha value is -1.99. The molecule has 0 fully saturated rings. The Kier molecular flexibility index (Phi) is 1.97. The van der Waals surface area contributed by atoms with Crippen LogP contribution in [0.25, 0.3) is 0 Å². The van der Waals surface area contributed by atoms with Gasteiger partial charge in [0.05, 0.1) is 15.1 Å². The molecule has 70 valence electrons. The Morgan fingerprint density at radius 2 is 1.85 bits per heavy atom. The van der Waals surface area contributed by atoms with Crippen LogP contribution in [0.2, 0.25) is 0 Å². The van der Waals surface area contributed by atoms with Crippen LogP contribution >= 0.6 is 0 Å². The van der Waals surface area contributed by atoms with Crippen LogP contribution in [0.1, 0.15) is 11.4 Å². The van der Waals surface area contributed by atoms with Crippen LogP contribution in [-0.2, 0) is 0 Å². The third-order valence-corrected chi connectivity index (χ3v) is 1.57. The Bertz CT molecular complexity index is 382. The van der Waals surface area contributed by atoms with Gasteiger partial charge in [0.25, 0.3) is 5.69 Å². The molecular weight excluding hydrogens is 180 g/mol. The van der Waals surface area contributed by atoms with Crippen molar-refractivity contribution in [2.75, 3.05) is 0 Å². The van der Waals surface area contributed by atoms with Gasteiger partial charge in [0.1, 0.15) is 0 Å². The van der Waals surface area contributed by atoms with E-state index in [1.165, 1.54) is 13.8 Å². The van der Waals surface area contributed by atoms with E-state index in [9.17, 15) is 20.2 Å². The van der Waals surface area contributed by atoms with Crippen molar-refractivity contribution in [3.05, 3.63) is 31.6 Å². The number of nitrogens with zero attached hydrogens (tertiary/aromatic N) is 4. The first-order valence-corrected chi connectivity index (χ1v) is 3.30. The molecule has 0 unspecified atom stereocenters. The number of aryl methyl sites for hydroxylation is 1. The van der Waals surface area contributed by atoms with E-state index in [1.807, 2.05) is 0 Å². The van der Waals surface area contributed by atoms with Crippen LogP contribution in [0.5, 0.6) is 0 Å². The van der Waals surface area contributed by atoms with Crippen LogP contribution in [0, 0.1) is 34.1 Å². The lowest BCUT2D eigenvalue weighted by atomic mass is 10.3. The summed E-state index contributed by atoms with van der Waals surface area (Å²) in [6.45, 7) is 2.63. The van der Waals surface area contributed by atoms with Gasteiger partial charge in [-0.15, -0.1) is 0 Å². The summed E-state index contributed by atoms with van der Waals surface area (Å²) in [4.78, 5) is 20.4. The lowest BCUT2D eigenvalue weighted by Crippen LogP contribution is -2.12. The van der Waals surface area contributed by atoms with Gasteiger partial charge in [-0.3, -0.25) is 10.1 Å². The summed E-state index contributed by atoms with van der Waals surface area (Å²) in [5, 5.41) is 23.3. The largest absolute Gasteiger partial charge is 0.344 e. The minimum Gasteiger partial charge on any atom is -0.339 e. The van der Waals surface area contributed by atoms with E-state index in [2.05, 4.69) is 5.10 Å². The minimum absolute atomic E-state index is 0.0409. The molecule has 0 spiro atoms. The molecule has 1 rings (SSSR count). The fraction of sp³-hybridized carbons (Fsp3) is 0.400. The van der Waals surface area contributed by atoms with Gasteiger partial charge in [-0.25, -0.2) is 0 Å². The standard InChI is InChI=1S/C5H6N4O4/c1-3-5(8(10)11)4(2)7(6-3)9(12)13/h1-2H3. The second kappa shape index (κ2) is 2.81. The van der Waals surface area contributed by atoms with Crippen LogP contribution in [0.3, 0.4) is 0 Å². The van der Waals surface area contributed by atoms with Gasteiger partial charge in [-0.1, -0.05) is 0 Å². The van der Waals surface area contributed by atoms with Crippen LogP contribution < -0.4 is 0 Å². The average Bonchev–Trinajstić information content (AvgIpc) is 2.26. The Balaban J connectivity index is 3.39. The van der Waals surface area contributed by atoms with Crippen molar-refractivity contribution in [2.45, 2.75) is 13.8 Å². The van der Waals surface area contributed by atoms with Crippen molar-refractivity contribution < 1.29 is 9.96 Å². The van der Waals surface area contributed by atoms with E-state index in [-0.39, 0.29) is 17.1 Å². The monoisotopic (exact) mass is 186 g/mol. The maximum Gasteiger partial charge on any atom is 0.344 e. The highest BCUT2D eigenvalue weighted by molar-refractivity contribution is 5.38. The summed E-state index contributed by atoms with van der Waals surface area (Å²) in [6, 6.07) is 0. The van der Waals surface area contributed by atoms with Crippen molar-refractivity contribution in [3.8, 4) is 0 Å². The smallest absolute Gasteiger partial charge is 0.339 e. The molecule has 8 nitrogen and oxygen atoms in total. The lowest BCUT2D eigenvalue weighted by molar-refractivity contribution is -0.554. The first-order chi connectivity index (χ1) is 5.95. The quantitative estimate of drug-likeness (QED) is 0.492. The summed E-state index contributed by atoms with van der Waals surface area (Å²) in [5.74, 6) is 0. The van der Waals surface area contributed by atoms with Crippen LogP contribution in [0.15, 0.2) is 0 Å². The predicted molar refractivity (Wildman–Crippen MR) is 40.7 cm³/mol. The molecular formula is C5H6N4O4. The molecule has 0 saturated carbocycles. The van der Waals surface area contributed by atoms with Gasteiger partial charge in [-0.2, -0.15) is 0 Å². The van der Waals surface area contributed by atoms with Crippen molar-refractivity contribution >= 4 is 5.69 Å². The van der Waals surface area contributed by atoms with Crippen molar-refractivity contribution in [2.24, 2.45) is 0 Å². The fourth-order valence-electron chi connectivity index (χ4n) is 1.04. The van der Waals surface area contributed by atoms with Gasteiger partial charge in [0.2, 0.25) is 0 Å². The van der Waals surface area contributed by atoms with Gasteiger partial charge in [0.15, 0.2) is 5.69 Å². The molecule has 0 radical (unpaired) electrons. The van der Waals surface area contributed by atoms with Crippen LogP contribution in [-0.4, -0.2) is 19.8 Å². The molecule has 13 heavy (non-hydrogen) atoms. The number of hydrogen-bond acceptors (Lipinski definition) is 5. The molecule has 0 atom stereocenters. The van der Waals surface area contributed by atoms with Gasteiger partial charge in [0, 0.05) is 11.7 Å². The maximum absolute atomic E-state index is 10.4. The Morgan fingerprint density at radius 3 is 2.08 bits per heavy atom. The molecule has 0 amide bonds. The lowest BCUT2D eigenvalue weighted by Gasteiger charge is -1.91. The molecule has 0 saturated heterocycles. The van der Waals surface area contributed by atoms with E-state index in [4.69, 9.17) is 0 Å². The van der Waals surface area contributed by atoms with E-state index in [0.29, 0.717) is 4.79 Å². The minimum atomic E-state index is -0.810.